The maximum Gasteiger partial charge on any atom is 0.266 e. The molecule has 0 bridgehead atoms. The van der Waals surface area contributed by atoms with E-state index in [2.05, 4.69) is 10.3 Å². The fraction of sp³-hybridized carbons (Fsp3) is 0.143. The molecule has 3 amide bonds. The predicted octanol–water partition coefficient (Wildman–Crippen LogP) is 4.12. The van der Waals surface area contributed by atoms with Crippen molar-refractivity contribution in [2.75, 3.05) is 10.2 Å². The molecule has 1 aromatic heterocycles. The molecule has 140 valence electrons. The summed E-state index contributed by atoms with van der Waals surface area (Å²) in [4.78, 5) is 43.6. The number of rotatable bonds is 3. The molecule has 7 heteroatoms. The SMILES string of the molecule is Cc1ccc(N2C(=O)c3ccc(C(=O)Nc4nc(C)cs4)cc3C2=O)c(C)c1. The Balaban J connectivity index is 1.66. The van der Waals surface area contributed by atoms with Gasteiger partial charge in [-0.2, -0.15) is 0 Å². The molecule has 3 aromatic rings. The topological polar surface area (TPSA) is 79.4 Å². The molecule has 0 fully saturated rings. The first kappa shape index (κ1) is 18.1. The Labute approximate surface area is 165 Å². The minimum atomic E-state index is -0.424. The van der Waals surface area contributed by atoms with E-state index < -0.39 is 5.91 Å². The molecule has 0 aliphatic carbocycles. The van der Waals surface area contributed by atoms with Gasteiger partial charge in [0.1, 0.15) is 0 Å². The number of aromatic nitrogens is 1. The Bertz CT molecular complexity index is 1150. The summed E-state index contributed by atoms with van der Waals surface area (Å²) in [5, 5.41) is 5.04. The van der Waals surface area contributed by atoms with Crippen molar-refractivity contribution in [1.82, 2.24) is 4.98 Å². The van der Waals surface area contributed by atoms with E-state index in [9.17, 15) is 14.4 Å². The number of fused-ring (bicyclic) bond motifs is 1. The normalized spacial score (nSPS) is 13.0. The van der Waals surface area contributed by atoms with Gasteiger partial charge < -0.3 is 0 Å². The van der Waals surface area contributed by atoms with Crippen LogP contribution in [-0.4, -0.2) is 22.7 Å². The molecule has 1 N–H and O–H groups in total. The number of carbonyl (C=O) groups excluding carboxylic acids is 3. The maximum atomic E-state index is 12.9. The van der Waals surface area contributed by atoms with Crippen LogP contribution in [0, 0.1) is 20.8 Å². The van der Waals surface area contributed by atoms with Crippen LogP contribution in [0.2, 0.25) is 0 Å². The number of aryl methyl sites for hydroxylation is 3. The molecule has 0 saturated carbocycles. The van der Waals surface area contributed by atoms with Gasteiger partial charge in [0.15, 0.2) is 5.13 Å². The van der Waals surface area contributed by atoms with Crippen molar-refractivity contribution in [3.8, 4) is 0 Å². The number of anilines is 2. The number of thiazole rings is 1. The van der Waals surface area contributed by atoms with E-state index in [1.807, 2.05) is 38.3 Å². The van der Waals surface area contributed by atoms with Crippen molar-refractivity contribution in [3.05, 3.63) is 75.3 Å². The average molecular weight is 391 g/mol. The number of imide groups is 1. The number of benzene rings is 2. The third-order valence-corrected chi connectivity index (χ3v) is 5.46. The molecule has 1 aliphatic rings. The summed E-state index contributed by atoms with van der Waals surface area (Å²) in [6, 6.07) is 10.1. The van der Waals surface area contributed by atoms with Gasteiger partial charge >= 0.3 is 0 Å². The number of amides is 3. The molecule has 0 saturated heterocycles. The largest absolute Gasteiger partial charge is 0.298 e. The zero-order valence-corrected chi connectivity index (χ0v) is 16.4. The highest BCUT2D eigenvalue weighted by molar-refractivity contribution is 7.13. The number of hydrogen-bond donors (Lipinski definition) is 1. The first-order valence-corrected chi connectivity index (χ1v) is 9.56. The van der Waals surface area contributed by atoms with Crippen LogP contribution in [0.3, 0.4) is 0 Å². The smallest absolute Gasteiger partial charge is 0.266 e. The molecule has 0 unspecified atom stereocenters. The molecular weight excluding hydrogens is 374 g/mol. The molecule has 0 atom stereocenters. The van der Waals surface area contributed by atoms with E-state index in [4.69, 9.17) is 0 Å². The van der Waals surface area contributed by atoms with Crippen LogP contribution < -0.4 is 10.2 Å². The van der Waals surface area contributed by atoms with E-state index in [-0.39, 0.29) is 17.4 Å². The third kappa shape index (κ3) is 2.99. The highest BCUT2D eigenvalue weighted by Gasteiger charge is 2.37. The van der Waals surface area contributed by atoms with Crippen molar-refractivity contribution in [2.24, 2.45) is 0 Å². The lowest BCUT2D eigenvalue weighted by molar-refractivity contribution is 0.0925. The van der Waals surface area contributed by atoms with Crippen LogP contribution in [0.4, 0.5) is 10.8 Å². The van der Waals surface area contributed by atoms with E-state index in [1.54, 1.807) is 12.1 Å². The molecule has 0 radical (unpaired) electrons. The molecular formula is C21H17N3O3S. The minimum absolute atomic E-state index is 0.230. The van der Waals surface area contributed by atoms with Gasteiger partial charge in [-0.15, -0.1) is 11.3 Å². The Kier molecular flexibility index (Phi) is 4.31. The van der Waals surface area contributed by atoms with Gasteiger partial charge in [0, 0.05) is 10.9 Å². The van der Waals surface area contributed by atoms with E-state index in [0.717, 1.165) is 16.8 Å². The lowest BCUT2D eigenvalue weighted by Crippen LogP contribution is -2.30. The molecule has 2 heterocycles. The fourth-order valence-corrected chi connectivity index (χ4v) is 3.92. The molecule has 6 nitrogen and oxygen atoms in total. The highest BCUT2D eigenvalue weighted by Crippen LogP contribution is 2.31. The summed E-state index contributed by atoms with van der Waals surface area (Å²) in [7, 11) is 0. The second kappa shape index (κ2) is 6.69. The Morgan fingerprint density at radius 2 is 1.75 bits per heavy atom. The van der Waals surface area contributed by atoms with Gasteiger partial charge in [-0.1, -0.05) is 17.7 Å². The Morgan fingerprint density at radius 3 is 2.43 bits per heavy atom. The van der Waals surface area contributed by atoms with Crippen molar-refractivity contribution in [1.29, 1.82) is 0 Å². The Hall–Kier alpha value is -3.32. The van der Waals surface area contributed by atoms with Gasteiger partial charge in [0.05, 0.1) is 22.5 Å². The van der Waals surface area contributed by atoms with Crippen molar-refractivity contribution in [3.63, 3.8) is 0 Å². The van der Waals surface area contributed by atoms with E-state index >= 15 is 0 Å². The minimum Gasteiger partial charge on any atom is -0.298 e. The zero-order valence-electron chi connectivity index (χ0n) is 15.6. The number of carbonyl (C=O) groups is 3. The van der Waals surface area contributed by atoms with E-state index in [0.29, 0.717) is 21.9 Å². The van der Waals surface area contributed by atoms with Crippen LogP contribution in [-0.2, 0) is 0 Å². The summed E-state index contributed by atoms with van der Waals surface area (Å²) in [5.41, 5.74) is 4.09. The van der Waals surface area contributed by atoms with Crippen LogP contribution in [0.5, 0.6) is 0 Å². The second-order valence-electron chi connectivity index (χ2n) is 6.74. The quantitative estimate of drug-likeness (QED) is 0.681. The molecule has 28 heavy (non-hydrogen) atoms. The van der Waals surface area contributed by atoms with Crippen LogP contribution in [0.15, 0.2) is 41.8 Å². The van der Waals surface area contributed by atoms with Gasteiger partial charge in [-0.05, 0) is 50.6 Å². The van der Waals surface area contributed by atoms with E-state index in [1.165, 1.54) is 28.4 Å². The summed E-state index contributed by atoms with van der Waals surface area (Å²) in [5.74, 6) is -1.18. The van der Waals surface area contributed by atoms with Crippen LogP contribution >= 0.6 is 11.3 Å². The maximum absolute atomic E-state index is 12.9. The summed E-state index contributed by atoms with van der Waals surface area (Å²) < 4.78 is 0. The van der Waals surface area contributed by atoms with Gasteiger partial charge in [0.25, 0.3) is 17.7 Å². The number of nitrogens with zero attached hydrogens (tertiary/aromatic N) is 2. The summed E-state index contributed by atoms with van der Waals surface area (Å²) >= 11 is 1.33. The first-order chi connectivity index (χ1) is 13.3. The fourth-order valence-electron chi connectivity index (χ4n) is 3.24. The Morgan fingerprint density at radius 1 is 1.00 bits per heavy atom. The summed E-state index contributed by atoms with van der Waals surface area (Å²) in [6.07, 6.45) is 0. The van der Waals surface area contributed by atoms with Gasteiger partial charge in [-0.3, -0.25) is 19.7 Å². The first-order valence-electron chi connectivity index (χ1n) is 8.68. The van der Waals surface area contributed by atoms with Gasteiger partial charge in [-0.25, -0.2) is 9.88 Å². The highest BCUT2D eigenvalue weighted by atomic mass is 32.1. The summed E-state index contributed by atoms with van der Waals surface area (Å²) in [6.45, 7) is 5.65. The van der Waals surface area contributed by atoms with Crippen LogP contribution in [0.25, 0.3) is 0 Å². The lowest BCUT2D eigenvalue weighted by Gasteiger charge is -2.16. The second-order valence-corrected chi connectivity index (χ2v) is 7.60. The van der Waals surface area contributed by atoms with Crippen molar-refractivity contribution in [2.45, 2.75) is 20.8 Å². The average Bonchev–Trinajstić information content (AvgIpc) is 3.17. The van der Waals surface area contributed by atoms with Crippen molar-refractivity contribution >= 4 is 39.9 Å². The van der Waals surface area contributed by atoms with Gasteiger partial charge in [0.2, 0.25) is 0 Å². The number of nitrogens with one attached hydrogen (secondary N) is 1. The monoisotopic (exact) mass is 391 g/mol. The molecule has 1 aliphatic heterocycles. The lowest BCUT2D eigenvalue weighted by atomic mass is 10.1. The number of hydrogen-bond acceptors (Lipinski definition) is 5. The molecule has 4 rings (SSSR count). The third-order valence-electron chi connectivity index (χ3n) is 4.58. The predicted molar refractivity (Wildman–Crippen MR) is 108 cm³/mol. The molecule has 2 aromatic carbocycles. The standard InChI is InChI=1S/C21H17N3O3S/c1-11-4-7-17(12(2)8-11)24-19(26)15-6-5-14(9-16(15)20(24)27)18(25)23-21-22-13(3)10-28-21/h4-10H,1-3H3,(H,22,23,25). The van der Waals surface area contributed by atoms with Crippen molar-refractivity contribution < 1.29 is 14.4 Å². The zero-order chi connectivity index (χ0) is 20.0. The molecule has 0 spiro atoms. The van der Waals surface area contributed by atoms with Crippen LogP contribution in [0.1, 0.15) is 47.9 Å².